The lowest BCUT2D eigenvalue weighted by Crippen LogP contribution is -2.33. The summed E-state index contributed by atoms with van der Waals surface area (Å²) < 4.78 is 0. The number of carbonyl (C=O) groups excluding carboxylic acids is 2. The van der Waals surface area contributed by atoms with E-state index in [4.69, 9.17) is 0 Å². The van der Waals surface area contributed by atoms with Crippen molar-refractivity contribution in [1.82, 2.24) is 10.2 Å². The summed E-state index contributed by atoms with van der Waals surface area (Å²) in [7, 11) is 1.81. The van der Waals surface area contributed by atoms with Crippen molar-refractivity contribution in [3.8, 4) is 0 Å². The Kier molecular flexibility index (Phi) is 5.77. The number of para-hydroxylation sites is 2. The van der Waals surface area contributed by atoms with Gasteiger partial charge in [0.15, 0.2) is 0 Å². The molecule has 1 aliphatic rings. The smallest absolute Gasteiger partial charge is 0.321 e. The van der Waals surface area contributed by atoms with Crippen molar-refractivity contribution in [2.24, 2.45) is 5.92 Å². The highest BCUT2D eigenvalue weighted by atomic mass is 16.2. The molecule has 1 aromatic rings. The van der Waals surface area contributed by atoms with Crippen molar-refractivity contribution in [3.63, 3.8) is 0 Å². The zero-order valence-electron chi connectivity index (χ0n) is 13.2. The molecule has 2 rings (SSSR count). The number of carbonyl (C=O) groups is 2. The van der Waals surface area contributed by atoms with Gasteiger partial charge in [-0.1, -0.05) is 19.1 Å². The van der Waals surface area contributed by atoms with E-state index in [0.29, 0.717) is 17.9 Å². The molecule has 1 unspecified atom stereocenters. The summed E-state index contributed by atoms with van der Waals surface area (Å²) in [4.78, 5) is 26.1. The summed E-state index contributed by atoms with van der Waals surface area (Å²) >= 11 is 0. The minimum absolute atomic E-state index is 0.0720. The van der Waals surface area contributed by atoms with E-state index >= 15 is 0 Å². The molecule has 0 bridgehead atoms. The normalized spacial score (nSPS) is 15.5. The lowest BCUT2D eigenvalue weighted by molar-refractivity contribution is -0.119. The van der Waals surface area contributed by atoms with Gasteiger partial charge in [-0.2, -0.15) is 0 Å². The molecule has 0 radical (unpaired) electrons. The van der Waals surface area contributed by atoms with Gasteiger partial charge in [0.05, 0.1) is 11.4 Å². The van der Waals surface area contributed by atoms with Gasteiger partial charge in [0.2, 0.25) is 5.91 Å². The van der Waals surface area contributed by atoms with E-state index in [1.54, 1.807) is 17.0 Å². The number of nitrogens with one attached hydrogen (secondary N) is 3. The van der Waals surface area contributed by atoms with Crippen molar-refractivity contribution in [3.05, 3.63) is 24.3 Å². The molecule has 1 saturated heterocycles. The number of hydrogen-bond donors (Lipinski definition) is 3. The van der Waals surface area contributed by atoms with E-state index < -0.39 is 0 Å². The number of hydrogen-bond acceptors (Lipinski definition) is 3. The van der Waals surface area contributed by atoms with Gasteiger partial charge in [0.1, 0.15) is 0 Å². The quantitative estimate of drug-likeness (QED) is 0.780. The zero-order valence-corrected chi connectivity index (χ0v) is 13.2. The number of benzene rings is 1. The minimum atomic E-state index is -0.146. The molecule has 0 aromatic heterocycles. The Hall–Kier alpha value is -2.08. The first-order valence-corrected chi connectivity index (χ1v) is 7.72. The van der Waals surface area contributed by atoms with Crippen LogP contribution in [0.15, 0.2) is 24.3 Å². The molecule has 0 saturated carbocycles. The summed E-state index contributed by atoms with van der Waals surface area (Å²) in [5.74, 6) is -0.218. The molecule has 1 aliphatic heterocycles. The van der Waals surface area contributed by atoms with Gasteiger partial charge in [-0.3, -0.25) is 4.79 Å². The second-order valence-corrected chi connectivity index (χ2v) is 5.62. The van der Waals surface area contributed by atoms with E-state index in [-0.39, 0.29) is 17.9 Å². The van der Waals surface area contributed by atoms with E-state index in [1.165, 1.54) is 0 Å². The molecule has 1 fully saturated rings. The van der Waals surface area contributed by atoms with Crippen LogP contribution in [0.3, 0.4) is 0 Å². The largest absolute Gasteiger partial charge is 0.325 e. The highest BCUT2D eigenvalue weighted by molar-refractivity contribution is 5.99. The molecule has 1 heterocycles. The summed E-state index contributed by atoms with van der Waals surface area (Å²) in [5, 5.41) is 8.75. The number of urea groups is 1. The predicted molar refractivity (Wildman–Crippen MR) is 88.0 cm³/mol. The minimum Gasteiger partial charge on any atom is -0.325 e. The average Bonchev–Trinajstić information content (AvgIpc) is 3.03. The molecule has 6 heteroatoms. The molecule has 6 nitrogen and oxygen atoms in total. The fraction of sp³-hybridized carbons (Fsp3) is 0.500. The third-order valence-electron chi connectivity index (χ3n) is 3.78. The molecule has 0 aliphatic carbocycles. The van der Waals surface area contributed by atoms with Crippen LogP contribution in [0, 0.1) is 5.92 Å². The third-order valence-corrected chi connectivity index (χ3v) is 3.78. The van der Waals surface area contributed by atoms with E-state index in [0.717, 1.165) is 25.9 Å². The van der Waals surface area contributed by atoms with Crippen molar-refractivity contribution in [1.29, 1.82) is 0 Å². The van der Waals surface area contributed by atoms with Crippen LogP contribution in [0.4, 0.5) is 16.2 Å². The van der Waals surface area contributed by atoms with Crippen LogP contribution in [-0.2, 0) is 4.79 Å². The van der Waals surface area contributed by atoms with Crippen LogP contribution >= 0.6 is 0 Å². The van der Waals surface area contributed by atoms with Crippen LogP contribution < -0.4 is 16.0 Å². The summed E-state index contributed by atoms with van der Waals surface area (Å²) in [5.41, 5.74) is 1.26. The first-order valence-electron chi connectivity index (χ1n) is 7.72. The van der Waals surface area contributed by atoms with Crippen LogP contribution in [-0.4, -0.2) is 43.5 Å². The Morgan fingerprint density at radius 2 is 1.73 bits per heavy atom. The molecule has 3 N–H and O–H groups in total. The Labute approximate surface area is 131 Å². The molecular weight excluding hydrogens is 280 g/mol. The Bertz CT molecular complexity index is 527. The monoisotopic (exact) mass is 304 g/mol. The number of amides is 3. The maximum Gasteiger partial charge on any atom is 0.321 e. The highest BCUT2D eigenvalue weighted by Crippen LogP contribution is 2.22. The molecule has 1 aromatic carbocycles. The maximum absolute atomic E-state index is 12.2. The SMILES string of the molecule is CNCC(C)C(=O)Nc1ccccc1NC(=O)N1CCCC1. The lowest BCUT2D eigenvalue weighted by atomic mass is 10.1. The maximum atomic E-state index is 12.2. The van der Waals surface area contributed by atoms with Gasteiger partial charge >= 0.3 is 6.03 Å². The number of nitrogens with zero attached hydrogens (tertiary/aromatic N) is 1. The van der Waals surface area contributed by atoms with Gasteiger partial charge in [-0.15, -0.1) is 0 Å². The zero-order chi connectivity index (χ0) is 15.9. The molecule has 120 valence electrons. The molecule has 1 atom stereocenters. The van der Waals surface area contributed by atoms with E-state index in [1.807, 2.05) is 26.1 Å². The first kappa shape index (κ1) is 16.3. The van der Waals surface area contributed by atoms with E-state index in [2.05, 4.69) is 16.0 Å². The second-order valence-electron chi connectivity index (χ2n) is 5.62. The number of likely N-dealkylation sites (tertiary alicyclic amines) is 1. The topological polar surface area (TPSA) is 73.5 Å². The molecule has 22 heavy (non-hydrogen) atoms. The third kappa shape index (κ3) is 4.21. The standard InChI is InChI=1S/C16H24N4O2/c1-12(11-17-2)15(21)18-13-7-3-4-8-14(13)19-16(22)20-9-5-6-10-20/h3-4,7-8,12,17H,5-6,9-11H2,1-2H3,(H,18,21)(H,19,22). The van der Waals surface area contributed by atoms with Crippen LogP contribution in [0.25, 0.3) is 0 Å². The molecule has 0 spiro atoms. The van der Waals surface area contributed by atoms with Gasteiger partial charge < -0.3 is 20.9 Å². The second kappa shape index (κ2) is 7.79. The van der Waals surface area contributed by atoms with Crippen molar-refractivity contribution >= 4 is 23.3 Å². The highest BCUT2D eigenvalue weighted by Gasteiger charge is 2.19. The Morgan fingerprint density at radius 3 is 2.32 bits per heavy atom. The fourth-order valence-corrected chi connectivity index (χ4v) is 2.47. The lowest BCUT2D eigenvalue weighted by Gasteiger charge is -2.19. The summed E-state index contributed by atoms with van der Waals surface area (Å²) in [6, 6.07) is 7.16. The predicted octanol–water partition coefficient (Wildman–Crippen LogP) is 2.11. The van der Waals surface area contributed by atoms with Gasteiger partial charge in [0.25, 0.3) is 0 Å². The average molecular weight is 304 g/mol. The summed E-state index contributed by atoms with van der Waals surface area (Å²) in [6.45, 7) is 4.05. The van der Waals surface area contributed by atoms with Crippen LogP contribution in [0.2, 0.25) is 0 Å². The molecule has 3 amide bonds. The Balaban J connectivity index is 2.03. The summed E-state index contributed by atoms with van der Waals surface area (Å²) in [6.07, 6.45) is 2.10. The number of rotatable bonds is 5. The van der Waals surface area contributed by atoms with Crippen LogP contribution in [0.5, 0.6) is 0 Å². The van der Waals surface area contributed by atoms with Gasteiger partial charge in [0, 0.05) is 25.6 Å². The van der Waals surface area contributed by atoms with Crippen molar-refractivity contribution < 1.29 is 9.59 Å². The van der Waals surface area contributed by atoms with Gasteiger partial charge in [-0.25, -0.2) is 4.79 Å². The van der Waals surface area contributed by atoms with Crippen molar-refractivity contribution in [2.75, 3.05) is 37.3 Å². The first-order chi connectivity index (χ1) is 10.6. The fourth-order valence-electron chi connectivity index (χ4n) is 2.47. The Morgan fingerprint density at radius 1 is 1.14 bits per heavy atom. The number of anilines is 2. The molecular formula is C16H24N4O2. The van der Waals surface area contributed by atoms with Crippen LogP contribution in [0.1, 0.15) is 19.8 Å². The van der Waals surface area contributed by atoms with Gasteiger partial charge in [-0.05, 0) is 32.0 Å². The van der Waals surface area contributed by atoms with E-state index in [9.17, 15) is 9.59 Å². The van der Waals surface area contributed by atoms with Crippen molar-refractivity contribution in [2.45, 2.75) is 19.8 Å².